The summed E-state index contributed by atoms with van der Waals surface area (Å²) in [5.74, 6) is 1.31. The van der Waals surface area contributed by atoms with E-state index in [1.165, 1.54) is 13.1 Å². The maximum absolute atomic E-state index is 13.1. The molecule has 0 aliphatic carbocycles. The third kappa shape index (κ3) is 6.34. The van der Waals surface area contributed by atoms with Gasteiger partial charge in [0.1, 0.15) is 6.10 Å². The average molecular weight is 596 g/mol. The van der Waals surface area contributed by atoms with Crippen LogP contribution in [0.3, 0.4) is 0 Å². The Balaban J connectivity index is 1.11. The number of benzene rings is 1. The zero-order chi connectivity index (χ0) is 30.8. The van der Waals surface area contributed by atoms with Crippen molar-refractivity contribution in [1.29, 1.82) is 0 Å². The van der Waals surface area contributed by atoms with E-state index in [0.29, 0.717) is 36.4 Å². The number of aromatic amines is 1. The number of rotatable bonds is 9. The Bertz CT molecular complexity index is 1830. The summed E-state index contributed by atoms with van der Waals surface area (Å²) in [5.41, 5.74) is 5.12. The summed E-state index contributed by atoms with van der Waals surface area (Å²) in [4.78, 5) is 47.2. The molecule has 0 radical (unpaired) electrons. The molecule has 4 aromatic heterocycles. The minimum atomic E-state index is -0.256. The van der Waals surface area contributed by atoms with Crippen LogP contribution in [0.25, 0.3) is 22.2 Å². The molecular formula is C30H33N11O3. The Hall–Kier alpha value is -5.37. The lowest BCUT2D eigenvalue weighted by Crippen LogP contribution is -2.33. The number of ether oxygens (including phenoxy) is 1. The Kier molecular flexibility index (Phi) is 7.89. The standard InChI is InChI=1S/C30H33N11O3/c1-17-13-33-30(36-24-12-18(2)40(4)39-24)38-27(17)22-14-32-28-21(22)6-5-7-23(28)35-25(43)16-41-11-9-20(15-41)44-26-8-10-31-29(37-26)34-19(3)42/h5-8,10,12-14,20,32H,9,11,15-16H2,1-4H3,(H,35,43)(H,31,34,37,42)(H,33,36,38,39). The molecule has 1 unspecified atom stereocenters. The van der Waals surface area contributed by atoms with Crippen LogP contribution in [0.2, 0.25) is 0 Å². The molecule has 0 spiro atoms. The monoisotopic (exact) mass is 595 g/mol. The van der Waals surface area contributed by atoms with Crippen LogP contribution in [0.1, 0.15) is 24.6 Å². The van der Waals surface area contributed by atoms with E-state index in [-0.39, 0.29) is 30.4 Å². The van der Waals surface area contributed by atoms with Gasteiger partial charge in [-0.15, -0.1) is 0 Å². The second kappa shape index (κ2) is 12.1. The molecule has 44 heavy (non-hydrogen) atoms. The number of hydrogen-bond donors (Lipinski definition) is 4. The molecule has 226 valence electrons. The molecular weight excluding hydrogens is 562 g/mol. The van der Waals surface area contributed by atoms with Gasteiger partial charge >= 0.3 is 0 Å². The Labute approximate surface area is 253 Å². The number of carbonyl (C=O) groups excluding carboxylic acids is 2. The fourth-order valence-corrected chi connectivity index (χ4v) is 5.19. The van der Waals surface area contributed by atoms with Crippen LogP contribution in [0.5, 0.6) is 5.88 Å². The highest BCUT2D eigenvalue weighted by atomic mass is 16.5. The van der Waals surface area contributed by atoms with E-state index >= 15 is 0 Å². The number of nitrogens with one attached hydrogen (secondary N) is 4. The number of hydrogen-bond acceptors (Lipinski definition) is 10. The fourth-order valence-electron chi connectivity index (χ4n) is 5.19. The first-order valence-corrected chi connectivity index (χ1v) is 14.2. The molecule has 6 rings (SSSR count). The predicted octanol–water partition coefficient (Wildman–Crippen LogP) is 3.56. The first-order valence-electron chi connectivity index (χ1n) is 14.2. The third-order valence-corrected chi connectivity index (χ3v) is 7.37. The highest BCUT2D eigenvalue weighted by molar-refractivity contribution is 6.06. The lowest BCUT2D eigenvalue weighted by atomic mass is 10.1. The molecule has 0 bridgehead atoms. The molecule has 1 aromatic carbocycles. The lowest BCUT2D eigenvalue weighted by Gasteiger charge is -2.16. The van der Waals surface area contributed by atoms with Crippen LogP contribution in [0.15, 0.2) is 48.9 Å². The summed E-state index contributed by atoms with van der Waals surface area (Å²) in [6.45, 7) is 6.84. The molecule has 4 N–H and O–H groups in total. The summed E-state index contributed by atoms with van der Waals surface area (Å²) in [6.07, 6.45) is 5.83. The van der Waals surface area contributed by atoms with Gasteiger partial charge in [-0.2, -0.15) is 10.1 Å². The highest BCUT2D eigenvalue weighted by Gasteiger charge is 2.26. The molecule has 1 fully saturated rings. The smallest absolute Gasteiger partial charge is 0.238 e. The third-order valence-electron chi connectivity index (χ3n) is 7.37. The van der Waals surface area contributed by atoms with Crippen molar-refractivity contribution in [2.24, 2.45) is 7.05 Å². The van der Waals surface area contributed by atoms with Crippen LogP contribution >= 0.6 is 0 Å². The van der Waals surface area contributed by atoms with Gasteiger partial charge in [-0.25, -0.2) is 15.0 Å². The molecule has 1 atom stereocenters. The summed E-state index contributed by atoms with van der Waals surface area (Å²) < 4.78 is 7.77. The van der Waals surface area contributed by atoms with E-state index in [4.69, 9.17) is 9.72 Å². The minimum Gasteiger partial charge on any atom is -0.473 e. The molecule has 5 aromatic rings. The topological polar surface area (TPSA) is 168 Å². The van der Waals surface area contributed by atoms with E-state index in [2.05, 4.69) is 41.0 Å². The summed E-state index contributed by atoms with van der Waals surface area (Å²) in [5, 5.41) is 14.2. The average Bonchev–Trinajstić information content (AvgIpc) is 3.69. The van der Waals surface area contributed by atoms with Crippen molar-refractivity contribution in [3.8, 4) is 17.1 Å². The van der Waals surface area contributed by atoms with Gasteiger partial charge in [-0.05, 0) is 31.9 Å². The quantitative estimate of drug-likeness (QED) is 0.198. The second-order valence-electron chi connectivity index (χ2n) is 10.8. The van der Waals surface area contributed by atoms with Crippen molar-refractivity contribution in [1.82, 2.24) is 39.6 Å². The SMILES string of the molecule is CC(=O)Nc1nccc(OC2CCN(CC(=O)Nc3cccc4c(-c5nc(Nc6cc(C)n(C)n6)ncc5C)c[nH]c34)C2)n1. The van der Waals surface area contributed by atoms with Crippen LogP contribution in [0.4, 0.5) is 23.4 Å². The Morgan fingerprint density at radius 3 is 2.77 bits per heavy atom. The number of amides is 2. The second-order valence-corrected chi connectivity index (χ2v) is 10.8. The van der Waals surface area contributed by atoms with E-state index in [1.54, 1.807) is 16.9 Å². The van der Waals surface area contributed by atoms with E-state index in [0.717, 1.165) is 39.8 Å². The van der Waals surface area contributed by atoms with Gasteiger partial charge in [-0.3, -0.25) is 24.5 Å². The highest BCUT2D eigenvalue weighted by Crippen LogP contribution is 2.33. The van der Waals surface area contributed by atoms with E-state index in [9.17, 15) is 9.59 Å². The molecule has 2 amide bonds. The number of carbonyl (C=O) groups is 2. The maximum Gasteiger partial charge on any atom is 0.238 e. The van der Waals surface area contributed by atoms with Crippen molar-refractivity contribution in [3.63, 3.8) is 0 Å². The van der Waals surface area contributed by atoms with E-state index < -0.39 is 0 Å². The molecule has 1 aliphatic heterocycles. The summed E-state index contributed by atoms with van der Waals surface area (Å²) in [7, 11) is 1.88. The van der Waals surface area contributed by atoms with Crippen LogP contribution in [-0.2, 0) is 16.6 Å². The zero-order valence-electron chi connectivity index (χ0n) is 24.9. The molecule has 14 heteroatoms. The van der Waals surface area contributed by atoms with Crippen LogP contribution in [0, 0.1) is 13.8 Å². The first-order chi connectivity index (χ1) is 21.2. The van der Waals surface area contributed by atoms with Gasteiger partial charge in [0.2, 0.25) is 29.6 Å². The first kappa shape index (κ1) is 28.7. The minimum absolute atomic E-state index is 0.125. The van der Waals surface area contributed by atoms with Crippen molar-refractivity contribution in [3.05, 3.63) is 60.2 Å². The number of nitrogens with zero attached hydrogens (tertiary/aromatic N) is 7. The number of fused-ring (bicyclic) bond motifs is 1. The Morgan fingerprint density at radius 2 is 1.98 bits per heavy atom. The summed E-state index contributed by atoms with van der Waals surface area (Å²) >= 11 is 0. The predicted molar refractivity (Wildman–Crippen MR) is 166 cm³/mol. The Morgan fingerprint density at radius 1 is 1.11 bits per heavy atom. The van der Waals surface area contributed by atoms with Gasteiger partial charge in [0.05, 0.1) is 23.4 Å². The molecule has 0 saturated carbocycles. The molecule has 1 saturated heterocycles. The van der Waals surface area contributed by atoms with Gasteiger partial charge in [-0.1, -0.05) is 12.1 Å². The van der Waals surface area contributed by atoms with Crippen LogP contribution < -0.4 is 20.7 Å². The number of H-pyrrole nitrogens is 1. The van der Waals surface area contributed by atoms with Gasteiger partial charge in [0.25, 0.3) is 0 Å². The van der Waals surface area contributed by atoms with Gasteiger partial charge in [0, 0.05) is 74.4 Å². The van der Waals surface area contributed by atoms with Gasteiger partial charge < -0.3 is 20.4 Å². The lowest BCUT2D eigenvalue weighted by molar-refractivity contribution is -0.117. The van der Waals surface area contributed by atoms with Gasteiger partial charge in [0.15, 0.2) is 5.82 Å². The molecule has 1 aliphatic rings. The molecule has 14 nitrogen and oxygen atoms in total. The maximum atomic E-state index is 13.1. The zero-order valence-corrected chi connectivity index (χ0v) is 24.9. The number of aromatic nitrogens is 7. The van der Waals surface area contributed by atoms with Crippen molar-refractivity contribution in [2.45, 2.75) is 33.3 Å². The van der Waals surface area contributed by atoms with Crippen LogP contribution in [-0.4, -0.2) is 77.2 Å². The van der Waals surface area contributed by atoms with Crippen molar-refractivity contribution in [2.75, 3.05) is 35.6 Å². The fraction of sp³-hybridized carbons (Fsp3) is 0.300. The number of anilines is 4. The largest absolute Gasteiger partial charge is 0.473 e. The van der Waals surface area contributed by atoms with E-state index in [1.807, 2.05) is 56.3 Å². The van der Waals surface area contributed by atoms with Crippen molar-refractivity contribution >= 4 is 46.1 Å². The number of likely N-dealkylation sites (tertiary alicyclic amines) is 1. The van der Waals surface area contributed by atoms with Crippen molar-refractivity contribution < 1.29 is 14.3 Å². The summed E-state index contributed by atoms with van der Waals surface area (Å²) in [6, 6.07) is 9.37. The number of aryl methyl sites for hydroxylation is 3. The number of para-hydroxylation sites is 1. The normalized spacial score (nSPS) is 15.0. The molecule has 5 heterocycles.